The number of para-hydroxylation sites is 1. The standard InChI is InChI=1S/C14H22O2.C13H8NO.Ir/c1-13(2)7-5-9-6-8-14(3,4)12(16)10(9)11(13)15;1-2-7-12-10(5-1)9-13(15-12)11-6-3-4-8-14-11;/h9,15H,5-8H2,1-4H3;1-8H;/q;-1;. The van der Waals surface area contributed by atoms with Gasteiger partial charge in [-0.1, -0.05) is 58.0 Å². The monoisotopic (exact) mass is 609 g/mol. The minimum absolute atomic E-state index is 0. The van der Waals surface area contributed by atoms with Crippen LogP contribution in [0.1, 0.15) is 53.4 Å². The molecule has 0 spiro atoms. The van der Waals surface area contributed by atoms with Crippen LogP contribution in [0.5, 0.6) is 0 Å². The van der Waals surface area contributed by atoms with E-state index >= 15 is 0 Å². The van der Waals surface area contributed by atoms with Gasteiger partial charge in [-0.05, 0) is 37.7 Å². The van der Waals surface area contributed by atoms with Crippen LogP contribution in [0.4, 0.5) is 0 Å². The van der Waals surface area contributed by atoms with Gasteiger partial charge in [-0.15, -0.1) is 17.5 Å². The van der Waals surface area contributed by atoms with Crippen molar-refractivity contribution in [2.45, 2.75) is 53.4 Å². The quantitative estimate of drug-likeness (QED) is 0.305. The molecule has 0 bridgehead atoms. The first-order valence-corrected chi connectivity index (χ1v) is 11.0. The zero-order valence-electron chi connectivity index (χ0n) is 19.1. The number of furan rings is 1. The van der Waals surface area contributed by atoms with E-state index in [1.165, 1.54) is 0 Å². The Morgan fingerprint density at radius 2 is 1.66 bits per heavy atom. The number of aliphatic hydroxyl groups is 1. The molecule has 1 fully saturated rings. The summed E-state index contributed by atoms with van der Waals surface area (Å²) in [5.41, 5.74) is 1.90. The van der Waals surface area contributed by atoms with Crippen molar-refractivity contribution in [3.8, 4) is 11.5 Å². The molecule has 5 heteroatoms. The van der Waals surface area contributed by atoms with Gasteiger partial charge in [0.05, 0.1) is 5.76 Å². The second kappa shape index (κ2) is 9.33. The van der Waals surface area contributed by atoms with E-state index in [2.05, 4.69) is 11.1 Å². The number of carbonyl (C=O) groups is 1. The third kappa shape index (κ3) is 4.74. The number of hydrogen-bond donors (Lipinski definition) is 1. The van der Waals surface area contributed by atoms with Crippen LogP contribution in [0.2, 0.25) is 0 Å². The predicted molar refractivity (Wildman–Crippen MR) is 122 cm³/mol. The number of fused-ring (bicyclic) bond motifs is 2. The number of ketones is 1. The molecule has 2 aliphatic carbocycles. The molecule has 1 saturated carbocycles. The molecule has 0 aliphatic heterocycles. The van der Waals surface area contributed by atoms with Gasteiger partial charge >= 0.3 is 0 Å². The second-order valence-electron chi connectivity index (χ2n) is 9.90. The summed E-state index contributed by atoms with van der Waals surface area (Å²) in [6.07, 6.45) is 5.78. The van der Waals surface area contributed by atoms with E-state index in [0.29, 0.717) is 17.4 Å². The van der Waals surface area contributed by atoms with Crippen molar-refractivity contribution in [1.82, 2.24) is 4.98 Å². The third-order valence-corrected chi connectivity index (χ3v) is 6.64. The van der Waals surface area contributed by atoms with Crippen LogP contribution in [0, 0.1) is 22.8 Å². The summed E-state index contributed by atoms with van der Waals surface area (Å²) >= 11 is 0. The van der Waals surface area contributed by atoms with Crippen LogP contribution in [0.25, 0.3) is 22.4 Å². The molecule has 2 heterocycles. The zero-order valence-corrected chi connectivity index (χ0v) is 21.5. The van der Waals surface area contributed by atoms with E-state index in [9.17, 15) is 9.90 Å². The largest absolute Gasteiger partial charge is 0.518 e. The molecule has 0 saturated heterocycles. The Morgan fingerprint density at radius 1 is 1.00 bits per heavy atom. The molecule has 0 amide bonds. The first kappa shape index (κ1) is 24.4. The second-order valence-corrected chi connectivity index (χ2v) is 9.90. The maximum absolute atomic E-state index is 12.4. The third-order valence-electron chi connectivity index (χ3n) is 6.64. The smallest absolute Gasteiger partial charge is 0.168 e. The van der Waals surface area contributed by atoms with Crippen molar-refractivity contribution < 1.29 is 34.4 Å². The molecular formula is C27H30IrNO3-. The molecule has 2 aromatic heterocycles. The summed E-state index contributed by atoms with van der Waals surface area (Å²) in [6.45, 7) is 8.04. The Hall–Kier alpha value is -2.23. The van der Waals surface area contributed by atoms with Crippen molar-refractivity contribution >= 4 is 16.8 Å². The fourth-order valence-electron chi connectivity index (χ4n) is 4.48. The van der Waals surface area contributed by atoms with E-state index in [-0.39, 0.29) is 36.7 Å². The number of carbonyl (C=O) groups excluding carboxylic acids is 1. The van der Waals surface area contributed by atoms with Crippen molar-refractivity contribution in [1.29, 1.82) is 0 Å². The fraction of sp³-hybridized carbons (Fsp3) is 0.407. The normalized spacial score (nSPS) is 21.2. The Balaban J connectivity index is 0.000000175. The molecule has 5 rings (SSSR count). The van der Waals surface area contributed by atoms with Gasteiger partial charge in [-0.25, -0.2) is 0 Å². The number of allylic oxidation sites excluding steroid dienone is 2. The minimum Gasteiger partial charge on any atom is -0.518 e. The van der Waals surface area contributed by atoms with E-state index in [1.54, 1.807) is 6.20 Å². The number of hydrogen-bond acceptors (Lipinski definition) is 4. The molecule has 1 unspecified atom stereocenters. The number of aromatic nitrogens is 1. The molecule has 4 nitrogen and oxygen atoms in total. The molecule has 2 aliphatic rings. The Morgan fingerprint density at radius 3 is 2.31 bits per heavy atom. The van der Waals surface area contributed by atoms with Crippen LogP contribution in [-0.2, 0) is 24.9 Å². The SMILES string of the molecule is CC1(C)CCC2CCC(C)(C)C(O)=C2C1=O.[Ir].[c-]1c(-c2ccccn2)oc2ccccc12. The fourth-order valence-corrected chi connectivity index (χ4v) is 4.48. The maximum atomic E-state index is 12.4. The Kier molecular flexibility index (Phi) is 7.12. The van der Waals surface area contributed by atoms with Crippen LogP contribution >= 0.6 is 0 Å². The van der Waals surface area contributed by atoms with E-state index in [1.807, 2.05) is 70.2 Å². The van der Waals surface area contributed by atoms with Gasteiger partial charge in [0.25, 0.3) is 0 Å². The topological polar surface area (TPSA) is 63.3 Å². The summed E-state index contributed by atoms with van der Waals surface area (Å²) in [6, 6.07) is 16.7. The van der Waals surface area contributed by atoms with E-state index in [0.717, 1.165) is 47.9 Å². The van der Waals surface area contributed by atoms with Crippen LogP contribution in [-0.4, -0.2) is 15.9 Å². The number of rotatable bonds is 1. The van der Waals surface area contributed by atoms with Gasteiger partial charge in [-0.3, -0.25) is 4.79 Å². The molecule has 32 heavy (non-hydrogen) atoms. The van der Waals surface area contributed by atoms with Crippen LogP contribution in [0.3, 0.4) is 0 Å². The molecule has 1 N–H and O–H groups in total. The van der Waals surface area contributed by atoms with Crippen LogP contribution in [0.15, 0.2) is 64.4 Å². The summed E-state index contributed by atoms with van der Waals surface area (Å²) < 4.78 is 5.64. The number of nitrogens with zero attached hydrogens (tertiary/aromatic N) is 1. The summed E-state index contributed by atoms with van der Waals surface area (Å²) in [5.74, 6) is 1.54. The van der Waals surface area contributed by atoms with Crippen molar-refractivity contribution in [2.75, 3.05) is 0 Å². The molecule has 1 atom stereocenters. The first-order chi connectivity index (χ1) is 14.7. The summed E-state index contributed by atoms with van der Waals surface area (Å²) in [5, 5.41) is 11.3. The molecule has 171 valence electrons. The number of Topliss-reactive ketones (excluding diaryl/α,β-unsaturated/α-hetero) is 1. The van der Waals surface area contributed by atoms with E-state index in [4.69, 9.17) is 4.42 Å². The summed E-state index contributed by atoms with van der Waals surface area (Å²) in [4.78, 5) is 16.6. The van der Waals surface area contributed by atoms with Crippen molar-refractivity contribution in [3.63, 3.8) is 0 Å². The van der Waals surface area contributed by atoms with Gasteiger partial charge < -0.3 is 14.5 Å². The molecule has 1 radical (unpaired) electrons. The average Bonchev–Trinajstić information content (AvgIpc) is 3.19. The maximum Gasteiger partial charge on any atom is 0.168 e. The number of pyridine rings is 1. The average molecular weight is 609 g/mol. The van der Waals surface area contributed by atoms with Crippen molar-refractivity contribution in [2.24, 2.45) is 16.7 Å². The van der Waals surface area contributed by atoms with Gasteiger partial charge in [0.2, 0.25) is 0 Å². The molecule has 1 aromatic carbocycles. The van der Waals surface area contributed by atoms with Gasteiger partial charge in [0.15, 0.2) is 5.78 Å². The number of aliphatic hydroxyl groups excluding tert-OH is 1. The molecular weight excluding hydrogens is 579 g/mol. The van der Waals surface area contributed by atoms with Gasteiger partial charge in [0.1, 0.15) is 5.76 Å². The minimum atomic E-state index is -0.284. The Bertz CT molecular complexity index is 1100. The van der Waals surface area contributed by atoms with Gasteiger partial charge in [0, 0.05) is 54.0 Å². The molecule has 3 aromatic rings. The Labute approximate surface area is 203 Å². The van der Waals surface area contributed by atoms with Crippen LogP contribution < -0.4 is 0 Å². The van der Waals surface area contributed by atoms with Crippen molar-refractivity contribution in [3.05, 3.63) is 66.1 Å². The zero-order chi connectivity index (χ0) is 22.2. The van der Waals surface area contributed by atoms with E-state index < -0.39 is 0 Å². The predicted octanol–water partition coefficient (Wildman–Crippen LogP) is 6.92. The first-order valence-electron chi connectivity index (χ1n) is 11.0. The number of benzene rings is 1. The summed E-state index contributed by atoms with van der Waals surface area (Å²) in [7, 11) is 0. The van der Waals surface area contributed by atoms with Gasteiger partial charge in [-0.2, -0.15) is 0 Å².